The Hall–Kier alpha value is -1.10. The maximum Gasteiger partial charge on any atom is 0.319 e. The van der Waals surface area contributed by atoms with Crippen LogP contribution in [-0.2, 0) is 14.3 Å². The van der Waals surface area contributed by atoms with Crippen molar-refractivity contribution in [3.8, 4) is 0 Å². The summed E-state index contributed by atoms with van der Waals surface area (Å²) >= 11 is 0. The smallest absolute Gasteiger partial charge is 0.319 e. The third-order valence-electron chi connectivity index (χ3n) is 2.14. The van der Waals surface area contributed by atoms with E-state index < -0.39 is 0 Å². The summed E-state index contributed by atoms with van der Waals surface area (Å²) in [5.74, 6) is -0.497. The molecular formula is C10H20N2O3. The summed E-state index contributed by atoms with van der Waals surface area (Å²) in [6, 6.07) is 0. The number of rotatable bonds is 6. The summed E-state index contributed by atoms with van der Waals surface area (Å²) in [4.78, 5) is 22.1. The molecule has 0 aliphatic rings. The van der Waals surface area contributed by atoms with Crippen LogP contribution in [0.3, 0.4) is 0 Å². The normalized spacial score (nSPS) is 10.9. The van der Waals surface area contributed by atoms with Crippen molar-refractivity contribution >= 4 is 11.9 Å². The minimum Gasteiger partial charge on any atom is -0.468 e. The number of hydrogen-bond acceptors (Lipinski definition) is 4. The standard InChI is InChI=1S/C10H20N2O3/c1-5-10(2,3)12-8(13)6-11-7-9(14)15-4/h11H,5-7H2,1-4H3,(H,12,13). The van der Waals surface area contributed by atoms with Crippen molar-refractivity contribution in [2.75, 3.05) is 20.2 Å². The highest BCUT2D eigenvalue weighted by Crippen LogP contribution is 2.05. The SMILES string of the molecule is CCC(C)(C)NC(=O)CNCC(=O)OC. The van der Waals surface area contributed by atoms with Crippen LogP contribution in [0.2, 0.25) is 0 Å². The van der Waals surface area contributed by atoms with Crippen LogP contribution in [0, 0.1) is 0 Å². The molecule has 0 saturated carbocycles. The van der Waals surface area contributed by atoms with Crippen molar-refractivity contribution in [1.29, 1.82) is 0 Å². The minimum absolute atomic E-state index is 0.0521. The third kappa shape index (κ3) is 6.90. The van der Waals surface area contributed by atoms with Gasteiger partial charge in [-0.05, 0) is 20.3 Å². The highest BCUT2D eigenvalue weighted by atomic mass is 16.5. The molecule has 0 heterocycles. The van der Waals surface area contributed by atoms with Gasteiger partial charge in [0.25, 0.3) is 0 Å². The molecule has 0 aromatic carbocycles. The zero-order valence-electron chi connectivity index (χ0n) is 9.85. The lowest BCUT2D eigenvalue weighted by Gasteiger charge is -2.24. The lowest BCUT2D eigenvalue weighted by atomic mass is 10.0. The van der Waals surface area contributed by atoms with Crippen LogP contribution >= 0.6 is 0 Å². The molecule has 0 bridgehead atoms. The molecule has 2 N–H and O–H groups in total. The molecule has 15 heavy (non-hydrogen) atoms. The van der Waals surface area contributed by atoms with Crippen molar-refractivity contribution in [2.24, 2.45) is 0 Å². The van der Waals surface area contributed by atoms with Crippen molar-refractivity contribution < 1.29 is 14.3 Å². The Bertz CT molecular complexity index is 227. The fourth-order valence-corrected chi connectivity index (χ4v) is 0.860. The molecule has 0 radical (unpaired) electrons. The molecule has 5 heteroatoms. The predicted molar refractivity (Wildman–Crippen MR) is 57.4 cm³/mol. The van der Waals surface area contributed by atoms with E-state index in [-0.39, 0.29) is 30.5 Å². The van der Waals surface area contributed by atoms with Gasteiger partial charge in [-0.25, -0.2) is 0 Å². The van der Waals surface area contributed by atoms with Gasteiger partial charge in [0.15, 0.2) is 0 Å². The summed E-state index contributed by atoms with van der Waals surface area (Å²) < 4.78 is 4.42. The van der Waals surface area contributed by atoms with Crippen LogP contribution in [0.4, 0.5) is 0 Å². The Labute approximate surface area is 90.6 Å². The van der Waals surface area contributed by atoms with E-state index in [1.807, 2.05) is 20.8 Å². The van der Waals surface area contributed by atoms with Crippen LogP contribution in [0.5, 0.6) is 0 Å². The van der Waals surface area contributed by atoms with E-state index in [9.17, 15) is 9.59 Å². The van der Waals surface area contributed by atoms with Gasteiger partial charge in [-0.15, -0.1) is 0 Å². The monoisotopic (exact) mass is 216 g/mol. The average Bonchev–Trinajstić information content (AvgIpc) is 2.16. The van der Waals surface area contributed by atoms with Crippen LogP contribution < -0.4 is 10.6 Å². The van der Waals surface area contributed by atoms with Gasteiger partial charge in [-0.3, -0.25) is 14.9 Å². The Morgan fingerprint density at radius 3 is 2.33 bits per heavy atom. The van der Waals surface area contributed by atoms with E-state index in [0.717, 1.165) is 6.42 Å². The Balaban J connectivity index is 3.72. The molecule has 5 nitrogen and oxygen atoms in total. The molecule has 0 aromatic heterocycles. The van der Waals surface area contributed by atoms with Crippen LogP contribution in [0.15, 0.2) is 0 Å². The number of carbonyl (C=O) groups excluding carboxylic acids is 2. The van der Waals surface area contributed by atoms with Crippen LogP contribution in [-0.4, -0.2) is 37.6 Å². The Morgan fingerprint density at radius 1 is 1.27 bits per heavy atom. The summed E-state index contributed by atoms with van der Waals surface area (Å²) in [7, 11) is 1.31. The zero-order valence-corrected chi connectivity index (χ0v) is 9.85. The molecule has 0 unspecified atom stereocenters. The zero-order chi connectivity index (χ0) is 11.9. The van der Waals surface area contributed by atoms with Gasteiger partial charge in [-0.2, -0.15) is 0 Å². The van der Waals surface area contributed by atoms with E-state index >= 15 is 0 Å². The van der Waals surface area contributed by atoms with Gasteiger partial charge in [-0.1, -0.05) is 6.92 Å². The van der Waals surface area contributed by atoms with Gasteiger partial charge < -0.3 is 10.1 Å². The number of hydrogen-bond donors (Lipinski definition) is 2. The second-order valence-electron chi connectivity index (χ2n) is 3.97. The molecule has 0 atom stereocenters. The van der Waals surface area contributed by atoms with E-state index in [2.05, 4.69) is 15.4 Å². The second-order valence-corrected chi connectivity index (χ2v) is 3.97. The first-order valence-electron chi connectivity index (χ1n) is 5.00. The van der Waals surface area contributed by atoms with Crippen molar-refractivity contribution in [3.05, 3.63) is 0 Å². The van der Waals surface area contributed by atoms with Gasteiger partial charge in [0, 0.05) is 5.54 Å². The highest BCUT2D eigenvalue weighted by Gasteiger charge is 2.17. The largest absolute Gasteiger partial charge is 0.468 e. The molecular weight excluding hydrogens is 196 g/mol. The lowest BCUT2D eigenvalue weighted by molar-refractivity contribution is -0.139. The number of nitrogens with one attached hydrogen (secondary N) is 2. The molecule has 0 aliphatic heterocycles. The van der Waals surface area contributed by atoms with Crippen molar-refractivity contribution in [3.63, 3.8) is 0 Å². The van der Waals surface area contributed by atoms with Crippen molar-refractivity contribution in [2.45, 2.75) is 32.7 Å². The minimum atomic E-state index is -0.377. The molecule has 88 valence electrons. The van der Waals surface area contributed by atoms with Crippen LogP contribution in [0.1, 0.15) is 27.2 Å². The topological polar surface area (TPSA) is 67.4 Å². The third-order valence-corrected chi connectivity index (χ3v) is 2.14. The highest BCUT2D eigenvalue weighted by molar-refractivity contribution is 5.79. The summed E-state index contributed by atoms with van der Waals surface area (Å²) in [5, 5.41) is 5.54. The summed E-state index contributed by atoms with van der Waals surface area (Å²) in [6.45, 7) is 6.08. The summed E-state index contributed by atoms with van der Waals surface area (Å²) in [5.41, 5.74) is -0.204. The number of methoxy groups -OCH3 is 1. The first-order valence-corrected chi connectivity index (χ1v) is 5.00. The number of carbonyl (C=O) groups is 2. The summed E-state index contributed by atoms with van der Waals surface area (Å²) in [6.07, 6.45) is 0.857. The molecule has 0 spiro atoms. The first kappa shape index (κ1) is 13.9. The fourth-order valence-electron chi connectivity index (χ4n) is 0.860. The Kier molecular flexibility index (Phi) is 5.93. The van der Waals surface area contributed by atoms with Gasteiger partial charge >= 0.3 is 5.97 Å². The number of esters is 1. The Morgan fingerprint density at radius 2 is 1.87 bits per heavy atom. The molecule has 0 fully saturated rings. The molecule has 0 rings (SSSR count). The quantitative estimate of drug-likeness (QED) is 0.616. The number of ether oxygens (including phenoxy) is 1. The van der Waals surface area contributed by atoms with E-state index in [0.29, 0.717) is 0 Å². The van der Waals surface area contributed by atoms with E-state index in [4.69, 9.17) is 0 Å². The number of amides is 1. The van der Waals surface area contributed by atoms with Gasteiger partial charge in [0.2, 0.25) is 5.91 Å². The van der Waals surface area contributed by atoms with Crippen LogP contribution in [0.25, 0.3) is 0 Å². The van der Waals surface area contributed by atoms with Crippen molar-refractivity contribution in [1.82, 2.24) is 10.6 Å². The van der Waals surface area contributed by atoms with Gasteiger partial charge in [0.05, 0.1) is 20.2 Å². The molecule has 0 saturated heterocycles. The van der Waals surface area contributed by atoms with E-state index in [1.54, 1.807) is 0 Å². The molecule has 0 aromatic rings. The molecule has 1 amide bonds. The first-order chi connectivity index (χ1) is 6.91. The predicted octanol–water partition coefficient (Wildman–Crippen LogP) is 0.0538. The maximum absolute atomic E-state index is 11.4. The molecule has 0 aliphatic carbocycles. The van der Waals surface area contributed by atoms with Gasteiger partial charge in [0.1, 0.15) is 0 Å². The fraction of sp³-hybridized carbons (Fsp3) is 0.800. The average molecular weight is 216 g/mol. The second kappa shape index (κ2) is 6.40. The maximum atomic E-state index is 11.4. The lowest BCUT2D eigenvalue weighted by Crippen LogP contribution is -2.47. The van der Waals surface area contributed by atoms with E-state index in [1.165, 1.54) is 7.11 Å².